The van der Waals surface area contributed by atoms with Gasteiger partial charge in [0.05, 0.1) is 13.2 Å². The summed E-state index contributed by atoms with van der Waals surface area (Å²) in [4.78, 5) is 17.8. The number of hydrogen-bond acceptors (Lipinski definition) is 12. The predicted molar refractivity (Wildman–Crippen MR) is 80.6 cm³/mol. The number of phosphoric acid groups is 1. The van der Waals surface area contributed by atoms with Gasteiger partial charge in [0.25, 0.3) is 0 Å². The van der Waals surface area contributed by atoms with Crippen LogP contribution in [0.3, 0.4) is 0 Å². The molecule has 2 aliphatic rings. The summed E-state index contributed by atoms with van der Waals surface area (Å²) in [5.41, 5.74) is 0. The van der Waals surface area contributed by atoms with Crippen LogP contribution in [0.4, 0.5) is 0 Å². The van der Waals surface area contributed by atoms with Crippen LogP contribution >= 0.6 is 7.82 Å². The van der Waals surface area contributed by atoms with E-state index in [1.807, 2.05) is 0 Å². The summed E-state index contributed by atoms with van der Waals surface area (Å²) in [6.07, 6.45) is -17.5. The average Bonchev–Trinajstić information content (AvgIpc) is 2.60. The number of phosphoric ester groups is 1. The van der Waals surface area contributed by atoms with E-state index in [4.69, 9.17) is 29.1 Å². The quantitative estimate of drug-likeness (QED) is 0.136. The number of hydrogen-bond donors (Lipinski definition) is 9. The first-order valence-corrected chi connectivity index (χ1v) is 9.35. The van der Waals surface area contributed by atoms with Crippen molar-refractivity contribution in [3.8, 4) is 0 Å². The molecule has 14 nitrogen and oxygen atoms in total. The van der Waals surface area contributed by atoms with E-state index < -0.39 is 82.4 Å². The van der Waals surface area contributed by atoms with Crippen molar-refractivity contribution < 1.29 is 99.8 Å². The van der Waals surface area contributed by atoms with E-state index in [1.165, 1.54) is 0 Å². The Balaban J connectivity index is 0.00000392. The first-order valence-electron chi connectivity index (χ1n) is 7.82. The Morgan fingerprint density at radius 2 is 1.25 bits per heavy atom. The van der Waals surface area contributed by atoms with E-state index in [2.05, 4.69) is 4.52 Å². The number of aliphatic hydroxyl groups is 7. The minimum Gasteiger partial charge on any atom is -1.00 e. The maximum absolute atomic E-state index is 11.0. The summed E-state index contributed by atoms with van der Waals surface area (Å²) in [6.45, 7) is -1.59. The molecule has 0 unspecified atom stereocenters. The fourth-order valence-corrected chi connectivity index (χ4v) is 3.33. The zero-order valence-electron chi connectivity index (χ0n) is 15.7. The average molecular weight is 446 g/mol. The van der Waals surface area contributed by atoms with Gasteiger partial charge in [-0.3, -0.25) is 4.52 Å². The van der Waals surface area contributed by atoms with Crippen LogP contribution in [0.5, 0.6) is 0 Å². The van der Waals surface area contributed by atoms with Gasteiger partial charge in [0.15, 0.2) is 12.6 Å². The van der Waals surface area contributed by atoms with Crippen molar-refractivity contribution in [1.82, 2.24) is 0 Å². The SMILES string of the molecule is O=P(O)(O)O[C@@H]1[C@@H](O)[C@@H](O[C@H]2O[C@H](CO)[C@@H](O)[C@H](O)[C@H]2O)O[C@H](CO)[C@H]1O.[H-].[Na+]. The number of ether oxygens (including phenoxy) is 3. The molecule has 162 valence electrons. The van der Waals surface area contributed by atoms with Gasteiger partial charge in [-0.05, 0) is 0 Å². The summed E-state index contributed by atoms with van der Waals surface area (Å²) in [5.74, 6) is 0. The van der Waals surface area contributed by atoms with Gasteiger partial charge < -0.3 is 61.2 Å². The topological polar surface area (TPSA) is 236 Å². The molecule has 2 heterocycles. The molecule has 28 heavy (non-hydrogen) atoms. The Hall–Kier alpha value is 0.710. The van der Waals surface area contributed by atoms with Crippen molar-refractivity contribution in [2.75, 3.05) is 13.2 Å². The van der Waals surface area contributed by atoms with Gasteiger partial charge in [0.2, 0.25) is 0 Å². The molecule has 2 rings (SSSR count). The Bertz CT molecular complexity index is 539. The number of aliphatic hydroxyl groups excluding tert-OH is 7. The van der Waals surface area contributed by atoms with Crippen LogP contribution in [0, 0.1) is 0 Å². The van der Waals surface area contributed by atoms with Crippen LogP contribution in [0.15, 0.2) is 0 Å². The molecule has 9 N–H and O–H groups in total. The smallest absolute Gasteiger partial charge is 1.00 e. The molecule has 0 saturated carbocycles. The van der Waals surface area contributed by atoms with Gasteiger partial charge in [-0.25, -0.2) is 4.57 Å². The maximum atomic E-state index is 11.0. The van der Waals surface area contributed by atoms with Crippen molar-refractivity contribution in [2.45, 2.75) is 61.4 Å². The van der Waals surface area contributed by atoms with Gasteiger partial charge in [-0.1, -0.05) is 0 Å². The third-order valence-electron chi connectivity index (χ3n) is 4.20. The van der Waals surface area contributed by atoms with Gasteiger partial charge in [0, 0.05) is 0 Å². The third-order valence-corrected chi connectivity index (χ3v) is 4.72. The zero-order chi connectivity index (χ0) is 20.5. The van der Waals surface area contributed by atoms with E-state index in [0.717, 1.165) is 0 Å². The van der Waals surface area contributed by atoms with Crippen LogP contribution in [0.1, 0.15) is 1.43 Å². The molecular formula is C12H24NaO14P. The molecule has 0 radical (unpaired) electrons. The van der Waals surface area contributed by atoms with Crippen molar-refractivity contribution >= 4 is 7.82 Å². The first-order chi connectivity index (χ1) is 12.5. The molecule has 10 atom stereocenters. The van der Waals surface area contributed by atoms with E-state index in [0.29, 0.717) is 0 Å². The summed E-state index contributed by atoms with van der Waals surface area (Å²) in [5, 5.41) is 67.9. The molecule has 0 aromatic rings. The minimum absolute atomic E-state index is 0. The second-order valence-electron chi connectivity index (χ2n) is 6.10. The Kier molecular flexibility index (Phi) is 10.4. The maximum Gasteiger partial charge on any atom is 1.00 e. The molecule has 0 bridgehead atoms. The van der Waals surface area contributed by atoms with E-state index in [9.17, 15) is 35.2 Å². The molecule has 2 fully saturated rings. The van der Waals surface area contributed by atoms with Gasteiger partial charge in [-0.2, -0.15) is 0 Å². The second-order valence-corrected chi connectivity index (χ2v) is 7.29. The molecule has 0 aliphatic carbocycles. The third kappa shape index (κ3) is 6.12. The first kappa shape index (κ1) is 26.7. The van der Waals surface area contributed by atoms with Crippen LogP contribution < -0.4 is 29.6 Å². The van der Waals surface area contributed by atoms with Crippen LogP contribution in [-0.2, 0) is 23.3 Å². The summed E-state index contributed by atoms with van der Waals surface area (Å²) >= 11 is 0. The van der Waals surface area contributed by atoms with Crippen LogP contribution in [0.2, 0.25) is 0 Å². The Morgan fingerprint density at radius 1 is 0.786 bits per heavy atom. The van der Waals surface area contributed by atoms with Gasteiger partial charge >= 0.3 is 37.4 Å². The Labute approximate surface area is 182 Å². The van der Waals surface area contributed by atoms with Crippen molar-refractivity contribution in [2.24, 2.45) is 0 Å². The van der Waals surface area contributed by atoms with Gasteiger partial charge in [0.1, 0.15) is 48.8 Å². The molecule has 0 amide bonds. The molecule has 0 aromatic heterocycles. The molecule has 0 spiro atoms. The fourth-order valence-electron chi connectivity index (χ4n) is 2.76. The zero-order valence-corrected chi connectivity index (χ0v) is 17.6. The van der Waals surface area contributed by atoms with Crippen LogP contribution in [0.25, 0.3) is 0 Å². The summed E-state index contributed by atoms with van der Waals surface area (Å²) < 4.78 is 30.7. The van der Waals surface area contributed by atoms with Crippen LogP contribution in [-0.4, -0.2) is 120 Å². The molecule has 2 aliphatic heterocycles. The second kappa shape index (κ2) is 10.8. The molecule has 2 saturated heterocycles. The standard InChI is InChI=1S/C12H23O14P.Na.H/c13-1-3-5(15)7(17)8(18)11(23-3)25-12-9(19)10(26-27(20,21)22)6(16)4(2-14)24-12;;/h3-19H,1-2H2,(H2,20,21,22);;/q;+1;-1/t3-,4-,5-,6-,7+,8-,9-,10+,11-,12-;;/m1../s1. The monoisotopic (exact) mass is 446 g/mol. The summed E-state index contributed by atoms with van der Waals surface area (Å²) in [6, 6.07) is 0. The molecular weight excluding hydrogens is 422 g/mol. The van der Waals surface area contributed by atoms with Crippen molar-refractivity contribution in [3.63, 3.8) is 0 Å². The predicted octanol–water partition coefficient (Wildman–Crippen LogP) is -8.16. The van der Waals surface area contributed by atoms with Crippen molar-refractivity contribution in [3.05, 3.63) is 0 Å². The van der Waals surface area contributed by atoms with E-state index in [-0.39, 0.29) is 31.0 Å². The van der Waals surface area contributed by atoms with E-state index in [1.54, 1.807) is 0 Å². The normalized spacial score (nSPS) is 44.8. The molecule has 0 aromatic carbocycles. The van der Waals surface area contributed by atoms with E-state index >= 15 is 0 Å². The Morgan fingerprint density at radius 3 is 1.71 bits per heavy atom. The largest absolute Gasteiger partial charge is 1.00 e. The summed E-state index contributed by atoms with van der Waals surface area (Å²) in [7, 11) is -5.16. The number of rotatable bonds is 6. The van der Waals surface area contributed by atoms with Crippen molar-refractivity contribution in [1.29, 1.82) is 0 Å². The fraction of sp³-hybridized carbons (Fsp3) is 1.00. The van der Waals surface area contributed by atoms with Gasteiger partial charge in [-0.15, -0.1) is 0 Å². The minimum atomic E-state index is -5.16. The molecule has 16 heteroatoms.